The minimum atomic E-state index is -1.02. The predicted molar refractivity (Wildman–Crippen MR) is 50.5 cm³/mol. The van der Waals surface area contributed by atoms with Gasteiger partial charge in [0.15, 0.2) is 0 Å². The molecule has 0 amide bonds. The van der Waals surface area contributed by atoms with Crippen LogP contribution in [0.3, 0.4) is 0 Å². The fourth-order valence-corrected chi connectivity index (χ4v) is 0.937. The van der Waals surface area contributed by atoms with E-state index in [0.29, 0.717) is 0 Å². The van der Waals surface area contributed by atoms with E-state index in [1.54, 1.807) is 0 Å². The molecular formula is C9H11NO4. The van der Waals surface area contributed by atoms with E-state index in [9.17, 15) is 9.90 Å². The Balaban J connectivity index is 2.82. The van der Waals surface area contributed by atoms with Gasteiger partial charge in [0.2, 0.25) is 0 Å². The molecule has 76 valence electrons. The third kappa shape index (κ3) is 2.29. The number of rotatable bonds is 3. The molecule has 1 rings (SSSR count). The number of anilines is 1. The number of carboxylic acid groups (broad SMARTS) is 1. The maximum Gasteiger partial charge on any atom is 0.325 e. The number of hydrogen-bond donors (Lipinski definition) is 4. The van der Waals surface area contributed by atoms with Gasteiger partial charge in [0, 0.05) is 6.07 Å². The standard InChI is InChI=1S/C9H11NO4/c1-5(9(13)14)10-7-3-2-6(11)4-8(7)12/h2-5,10-12H,1H3,(H,13,14)/t5-/m0/s1. The zero-order valence-corrected chi connectivity index (χ0v) is 7.56. The van der Waals surface area contributed by atoms with Crippen LogP contribution in [0.2, 0.25) is 0 Å². The summed E-state index contributed by atoms with van der Waals surface area (Å²) >= 11 is 0. The first-order valence-electron chi connectivity index (χ1n) is 4.02. The van der Waals surface area contributed by atoms with Crippen LogP contribution in [0.4, 0.5) is 5.69 Å². The van der Waals surface area contributed by atoms with Crippen molar-refractivity contribution in [3.05, 3.63) is 18.2 Å². The van der Waals surface area contributed by atoms with E-state index in [1.165, 1.54) is 19.1 Å². The number of aliphatic carboxylic acids is 1. The number of carbonyl (C=O) groups is 1. The third-order valence-electron chi connectivity index (χ3n) is 1.72. The quantitative estimate of drug-likeness (QED) is 0.428. The van der Waals surface area contributed by atoms with Gasteiger partial charge < -0.3 is 20.6 Å². The highest BCUT2D eigenvalue weighted by molar-refractivity contribution is 5.77. The summed E-state index contributed by atoms with van der Waals surface area (Å²) in [7, 11) is 0. The van der Waals surface area contributed by atoms with Crippen molar-refractivity contribution in [2.24, 2.45) is 0 Å². The molecule has 1 aromatic rings. The molecule has 0 aliphatic heterocycles. The second-order valence-corrected chi connectivity index (χ2v) is 2.91. The van der Waals surface area contributed by atoms with Crippen molar-refractivity contribution in [3.8, 4) is 11.5 Å². The van der Waals surface area contributed by atoms with E-state index in [0.717, 1.165) is 6.07 Å². The summed E-state index contributed by atoms with van der Waals surface area (Å²) in [4.78, 5) is 10.5. The maximum atomic E-state index is 10.5. The molecule has 0 spiro atoms. The van der Waals surface area contributed by atoms with Crippen molar-refractivity contribution in [2.45, 2.75) is 13.0 Å². The topological polar surface area (TPSA) is 89.8 Å². The van der Waals surface area contributed by atoms with Crippen molar-refractivity contribution < 1.29 is 20.1 Å². The van der Waals surface area contributed by atoms with Crippen LogP contribution in [0.1, 0.15) is 6.92 Å². The van der Waals surface area contributed by atoms with Gasteiger partial charge in [-0.15, -0.1) is 0 Å². The summed E-state index contributed by atoms with van der Waals surface area (Å²) in [6, 6.07) is 3.10. The lowest BCUT2D eigenvalue weighted by Gasteiger charge is -2.11. The smallest absolute Gasteiger partial charge is 0.325 e. The van der Waals surface area contributed by atoms with E-state index >= 15 is 0 Å². The Morgan fingerprint density at radius 2 is 2.07 bits per heavy atom. The van der Waals surface area contributed by atoms with Crippen molar-refractivity contribution in [1.29, 1.82) is 0 Å². The highest BCUT2D eigenvalue weighted by Gasteiger charge is 2.12. The van der Waals surface area contributed by atoms with E-state index in [2.05, 4.69) is 5.32 Å². The first-order valence-corrected chi connectivity index (χ1v) is 4.02. The number of carboxylic acids is 1. The molecule has 1 atom stereocenters. The summed E-state index contributed by atoms with van der Waals surface area (Å²) < 4.78 is 0. The van der Waals surface area contributed by atoms with E-state index in [1.807, 2.05) is 0 Å². The highest BCUT2D eigenvalue weighted by Crippen LogP contribution is 2.27. The number of phenols is 2. The van der Waals surface area contributed by atoms with Gasteiger partial charge in [0.25, 0.3) is 0 Å². The summed E-state index contributed by atoms with van der Waals surface area (Å²) in [6.07, 6.45) is 0. The van der Waals surface area contributed by atoms with Gasteiger partial charge in [0.1, 0.15) is 17.5 Å². The van der Waals surface area contributed by atoms with Gasteiger partial charge in [0.05, 0.1) is 5.69 Å². The first-order chi connectivity index (χ1) is 6.50. The summed E-state index contributed by atoms with van der Waals surface area (Å²) in [5.74, 6) is -1.27. The van der Waals surface area contributed by atoms with Gasteiger partial charge in [-0.3, -0.25) is 4.79 Å². The molecule has 0 saturated carbocycles. The Labute approximate surface area is 80.6 Å². The summed E-state index contributed by atoms with van der Waals surface area (Å²) in [5, 5.41) is 29.5. The fourth-order valence-electron chi connectivity index (χ4n) is 0.937. The number of aromatic hydroxyl groups is 2. The van der Waals surface area contributed by atoms with Gasteiger partial charge in [-0.25, -0.2) is 0 Å². The first kappa shape index (κ1) is 10.2. The molecule has 4 N–H and O–H groups in total. The highest BCUT2D eigenvalue weighted by atomic mass is 16.4. The molecule has 14 heavy (non-hydrogen) atoms. The Morgan fingerprint density at radius 1 is 1.43 bits per heavy atom. The van der Waals surface area contributed by atoms with Crippen molar-refractivity contribution in [2.75, 3.05) is 5.32 Å². The SMILES string of the molecule is C[C@H](Nc1ccc(O)cc1O)C(=O)O. The van der Waals surface area contributed by atoms with E-state index < -0.39 is 12.0 Å². The minimum Gasteiger partial charge on any atom is -0.508 e. The average molecular weight is 197 g/mol. The molecule has 0 unspecified atom stereocenters. The third-order valence-corrected chi connectivity index (χ3v) is 1.72. The van der Waals surface area contributed by atoms with Gasteiger partial charge in [-0.05, 0) is 19.1 Å². The predicted octanol–water partition coefficient (Wildman–Crippen LogP) is 0.983. The van der Waals surface area contributed by atoms with Crippen molar-refractivity contribution >= 4 is 11.7 Å². The number of hydrogen-bond acceptors (Lipinski definition) is 4. The number of phenolic OH excluding ortho intramolecular Hbond substituents is 2. The molecule has 0 heterocycles. The Hall–Kier alpha value is -1.91. The molecule has 0 radical (unpaired) electrons. The molecule has 1 aromatic carbocycles. The van der Waals surface area contributed by atoms with Crippen LogP contribution >= 0.6 is 0 Å². The molecular weight excluding hydrogens is 186 g/mol. The van der Waals surface area contributed by atoms with Crippen LogP contribution in [0.15, 0.2) is 18.2 Å². The normalized spacial score (nSPS) is 12.1. The van der Waals surface area contributed by atoms with Crippen LogP contribution in [-0.4, -0.2) is 27.3 Å². The molecule has 0 aromatic heterocycles. The second-order valence-electron chi connectivity index (χ2n) is 2.91. The van der Waals surface area contributed by atoms with Crippen LogP contribution in [0, 0.1) is 0 Å². The minimum absolute atomic E-state index is 0.0731. The number of nitrogens with one attached hydrogen (secondary N) is 1. The summed E-state index contributed by atoms with van der Waals surface area (Å²) in [5.41, 5.74) is 0.276. The molecule has 0 bridgehead atoms. The van der Waals surface area contributed by atoms with Gasteiger partial charge in [-0.1, -0.05) is 0 Å². The molecule has 0 fully saturated rings. The van der Waals surface area contributed by atoms with Crippen LogP contribution < -0.4 is 5.32 Å². The van der Waals surface area contributed by atoms with E-state index in [4.69, 9.17) is 10.2 Å². The molecule has 5 nitrogen and oxygen atoms in total. The van der Waals surface area contributed by atoms with E-state index in [-0.39, 0.29) is 17.2 Å². The maximum absolute atomic E-state index is 10.5. The molecule has 0 aliphatic carbocycles. The molecule has 5 heteroatoms. The fraction of sp³-hybridized carbons (Fsp3) is 0.222. The Morgan fingerprint density at radius 3 is 2.57 bits per heavy atom. The van der Waals surface area contributed by atoms with Gasteiger partial charge in [-0.2, -0.15) is 0 Å². The van der Waals surface area contributed by atoms with Crippen molar-refractivity contribution in [1.82, 2.24) is 0 Å². The van der Waals surface area contributed by atoms with Crippen LogP contribution in [-0.2, 0) is 4.79 Å². The van der Waals surface area contributed by atoms with Crippen LogP contribution in [0.25, 0.3) is 0 Å². The zero-order valence-electron chi connectivity index (χ0n) is 7.56. The lowest BCUT2D eigenvalue weighted by molar-refractivity contribution is -0.137. The van der Waals surface area contributed by atoms with Crippen LogP contribution in [0.5, 0.6) is 11.5 Å². The molecule has 0 saturated heterocycles. The number of benzene rings is 1. The van der Waals surface area contributed by atoms with Crippen molar-refractivity contribution in [3.63, 3.8) is 0 Å². The average Bonchev–Trinajstić information content (AvgIpc) is 2.09. The van der Waals surface area contributed by atoms with Gasteiger partial charge >= 0.3 is 5.97 Å². The lowest BCUT2D eigenvalue weighted by atomic mass is 10.2. The lowest BCUT2D eigenvalue weighted by Crippen LogP contribution is -2.25. The largest absolute Gasteiger partial charge is 0.508 e. The second kappa shape index (κ2) is 3.87. The summed E-state index contributed by atoms with van der Waals surface area (Å²) in [6.45, 7) is 1.45. The molecule has 0 aliphatic rings. The Bertz CT molecular complexity index is 351. The zero-order chi connectivity index (χ0) is 10.7. The monoisotopic (exact) mass is 197 g/mol. The Kier molecular flexibility index (Phi) is 2.81.